The predicted octanol–water partition coefficient (Wildman–Crippen LogP) is 0.763. The molecule has 2 N–H and O–H groups in total. The van der Waals surface area contributed by atoms with Gasteiger partial charge in [-0.25, -0.2) is 21.6 Å². The van der Waals surface area contributed by atoms with Crippen LogP contribution in [0.1, 0.15) is 46.5 Å². The van der Waals surface area contributed by atoms with E-state index < -0.39 is 42.4 Å². The molecule has 0 fully saturated rings. The molecule has 9 heteroatoms. The van der Waals surface area contributed by atoms with Crippen LogP contribution in [0.25, 0.3) is 0 Å². The Labute approximate surface area is 127 Å². The number of sulfonamides is 1. The second kappa shape index (κ2) is 7.55. The molecule has 0 bridgehead atoms. The highest BCUT2D eigenvalue weighted by molar-refractivity contribution is 7.92. The largest absolute Gasteiger partial charge is 0.480 e. The van der Waals surface area contributed by atoms with E-state index in [0.29, 0.717) is 6.42 Å². The normalized spacial score (nSPS) is 14.9. The second-order valence-corrected chi connectivity index (χ2v) is 10.3. The van der Waals surface area contributed by atoms with E-state index in [9.17, 15) is 21.6 Å². The Balaban J connectivity index is 4.80. The molecule has 21 heavy (non-hydrogen) atoms. The number of carboxylic acids is 1. The van der Waals surface area contributed by atoms with Crippen molar-refractivity contribution < 1.29 is 26.7 Å². The Morgan fingerprint density at radius 2 is 1.76 bits per heavy atom. The zero-order valence-corrected chi connectivity index (χ0v) is 14.6. The van der Waals surface area contributed by atoms with Crippen molar-refractivity contribution in [2.75, 3.05) is 12.0 Å². The summed E-state index contributed by atoms with van der Waals surface area (Å²) in [4.78, 5) is 11.0. The zero-order valence-electron chi connectivity index (χ0n) is 12.9. The Bertz CT molecular complexity index is 550. The van der Waals surface area contributed by atoms with Crippen LogP contribution in [-0.4, -0.2) is 50.7 Å². The molecule has 7 nitrogen and oxygen atoms in total. The Morgan fingerprint density at radius 1 is 1.24 bits per heavy atom. The zero-order chi connectivity index (χ0) is 16.9. The van der Waals surface area contributed by atoms with Crippen LogP contribution in [-0.2, 0) is 24.7 Å². The first-order valence-corrected chi connectivity index (χ1v) is 10.3. The van der Waals surface area contributed by atoms with Crippen LogP contribution in [0.15, 0.2) is 0 Å². The summed E-state index contributed by atoms with van der Waals surface area (Å²) in [7, 11) is -7.24. The summed E-state index contributed by atoms with van der Waals surface area (Å²) < 4.78 is 47.8. The molecule has 0 aromatic heterocycles. The van der Waals surface area contributed by atoms with Crippen molar-refractivity contribution in [2.45, 2.75) is 57.2 Å². The number of nitrogens with one attached hydrogen (secondary N) is 1. The molecule has 0 amide bonds. The summed E-state index contributed by atoms with van der Waals surface area (Å²) >= 11 is 0. The lowest BCUT2D eigenvalue weighted by atomic mass is 10.1. The van der Waals surface area contributed by atoms with E-state index in [0.717, 1.165) is 12.7 Å². The molecule has 0 radical (unpaired) electrons. The van der Waals surface area contributed by atoms with Gasteiger partial charge in [0, 0.05) is 6.26 Å². The number of sulfone groups is 1. The van der Waals surface area contributed by atoms with Crippen LogP contribution in [0, 0.1) is 0 Å². The van der Waals surface area contributed by atoms with Crippen molar-refractivity contribution in [1.29, 1.82) is 0 Å². The average Bonchev–Trinajstić information content (AvgIpc) is 2.30. The minimum atomic E-state index is -3.84. The third-order valence-corrected chi connectivity index (χ3v) is 7.04. The smallest absolute Gasteiger partial charge is 0.321 e. The van der Waals surface area contributed by atoms with Gasteiger partial charge in [0.25, 0.3) is 0 Å². The summed E-state index contributed by atoms with van der Waals surface area (Å²) in [5.74, 6) is -1.66. The summed E-state index contributed by atoms with van der Waals surface area (Å²) in [6.07, 6.45) is 2.51. The van der Waals surface area contributed by atoms with Gasteiger partial charge < -0.3 is 5.11 Å². The van der Waals surface area contributed by atoms with Crippen molar-refractivity contribution in [3.8, 4) is 0 Å². The van der Waals surface area contributed by atoms with E-state index in [1.54, 1.807) is 0 Å². The molecule has 0 aromatic rings. The molecule has 0 aliphatic carbocycles. The SMILES string of the molecule is CCCC[C@H](NS(=O)(=O)CCC(C)(C)S(C)(=O)=O)C(=O)O. The van der Waals surface area contributed by atoms with Gasteiger partial charge in [0.05, 0.1) is 10.5 Å². The highest BCUT2D eigenvalue weighted by atomic mass is 32.2. The first kappa shape index (κ1) is 20.3. The number of carboxylic acid groups (broad SMARTS) is 1. The predicted molar refractivity (Wildman–Crippen MR) is 81.4 cm³/mol. The van der Waals surface area contributed by atoms with Crippen molar-refractivity contribution in [1.82, 2.24) is 4.72 Å². The van der Waals surface area contributed by atoms with E-state index in [1.807, 2.05) is 6.92 Å². The number of rotatable bonds is 10. The maximum Gasteiger partial charge on any atom is 0.321 e. The first-order valence-electron chi connectivity index (χ1n) is 6.75. The molecule has 0 saturated carbocycles. The van der Waals surface area contributed by atoms with Crippen LogP contribution >= 0.6 is 0 Å². The van der Waals surface area contributed by atoms with E-state index in [-0.39, 0.29) is 12.8 Å². The molecule has 0 rings (SSSR count). The van der Waals surface area contributed by atoms with Crippen molar-refractivity contribution in [2.24, 2.45) is 0 Å². The fourth-order valence-electron chi connectivity index (χ4n) is 1.48. The molecule has 0 aliphatic rings. The van der Waals surface area contributed by atoms with Crippen molar-refractivity contribution in [3.05, 3.63) is 0 Å². The molecule has 1 atom stereocenters. The molecule has 0 heterocycles. The van der Waals surface area contributed by atoms with Crippen LogP contribution < -0.4 is 4.72 Å². The lowest BCUT2D eigenvalue weighted by Crippen LogP contribution is -2.43. The third-order valence-electron chi connectivity index (χ3n) is 3.44. The lowest BCUT2D eigenvalue weighted by Gasteiger charge is -2.23. The lowest BCUT2D eigenvalue weighted by molar-refractivity contribution is -0.139. The molecule has 126 valence electrons. The van der Waals surface area contributed by atoms with E-state index in [2.05, 4.69) is 4.72 Å². The van der Waals surface area contributed by atoms with Gasteiger partial charge in [-0.2, -0.15) is 0 Å². The van der Waals surface area contributed by atoms with Gasteiger partial charge in [0.1, 0.15) is 6.04 Å². The molecule has 0 aromatic carbocycles. The monoisotopic (exact) mass is 343 g/mol. The Kier molecular flexibility index (Phi) is 7.31. The van der Waals surface area contributed by atoms with Gasteiger partial charge in [-0.05, 0) is 26.7 Å². The van der Waals surface area contributed by atoms with E-state index in [1.165, 1.54) is 13.8 Å². The number of carbonyl (C=O) groups is 1. The van der Waals surface area contributed by atoms with Gasteiger partial charge in [-0.3, -0.25) is 4.79 Å². The van der Waals surface area contributed by atoms with Crippen LogP contribution in [0.3, 0.4) is 0 Å². The Hall–Kier alpha value is -0.670. The van der Waals surface area contributed by atoms with E-state index >= 15 is 0 Å². The summed E-state index contributed by atoms with van der Waals surface area (Å²) in [6, 6.07) is -1.17. The fraction of sp³-hybridized carbons (Fsp3) is 0.917. The Morgan fingerprint density at radius 3 is 2.14 bits per heavy atom. The van der Waals surface area contributed by atoms with Crippen LogP contribution in [0.5, 0.6) is 0 Å². The molecular weight excluding hydrogens is 318 g/mol. The molecular formula is C12H25NO6S2. The summed E-state index contributed by atoms with van der Waals surface area (Å²) in [5, 5.41) is 9.00. The van der Waals surface area contributed by atoms with Crippen molar-refractivity contribution >= 4 is 25.8 Å². The van der Waals surface area contributed by atoms with Gasteiger partial charge in [-0.1, -0.05) is 19.8 Å². The van der Waals surface area contributed by atoms with Crippen molar-refractivity contribution in [3.63, 3.8) is 0 Å². The van der Waals surface area contributed by atoms with Gasteiger partial charge >= 0.3 is 5.97 Å². The second-order valence-electron chi connectivity index (χ2n) is 5.75. The van der Waals surface area contributed by atoms with E-state index in [4.69, 9.17) is 5.11 Å². The number of unbranched alkanes of at least 4 members (excludes halogenated alkanes) is 1. The van der Waals surface area contributed by atoms with Crippen LogP contribution in [0.4, 0.5) is 0 Å². The van der Waals surface area contributed by atoms with Crippen LogP contribution in [0.2, 0.25) is 0 Å². The van der Waals surface area contributed by atoms with Gasteiger partial charge in [-0.15, -0.1) is 0 Å². The van der Waals surface area contributed by atoms with Gasteiger partial charge in [0.2, 0.25) is 10.0 Å². The third kappa shape index (κ3) is 7.23. The molecule has 0 unspecified atom stereocenters. The molecule has 0 aliphatic heterocycles. The minimum Gasteiger partial charge on any atom is -0.480 e. The maximum atomic E-state index is 11.9. The topological polar surface area (TPSA) is 118 Å². The number of hydrogen-bond acceptors (Lipinski definition) is 5. The first-order chi connectivity index (χ1) is 9.32. The summed E-state index contributed by atoms with van der Waals surface area (Å²) in [6.45, 7) is 4.77. The standard InChI is InChI=1S/C12H25NO6S2/c1-5-6-7-10(11(14)15)13-21(18,19)9-8-12(2,3)20(4,16)17/h10,13H,5-9H2,1-4H3,(H,14,15)/t10-/m0/s1. The molecule has 0 spiro atoms. The summed E-state index contributed by atoms with van der Waals surface area (Å²) in [5.41, 5.74) is 0. The quantitative estimate of drug-likeness (QED) is 0.605. The number of aliphatic carboxylic acids is 1. The fourth-order valence-corrected chi connectivity index (χ4v) is 3.63. The average molecular weight is 343 g/mol. The minimum absolute atomic E-state index is 0.0959. The highest BCUT2D eigenvalue weighted by Crippen LogP contribution is 2.20. The molecule has 0 saturated heterocycles. The van der Waals surface area contributed by atoms with Gasteiger partial charge in [0.15, 0.2) is 9.84 Å². The highest BCUT2D eigenvalue weighted by Gasteiger charge is 2.32. The maximum absolute atomic E-state index is 11.9. The number of hydrogen-bond donors (Lipinski definition) is 2.